The first-order valence-corrected chi connectivity index (χ1v) is 4.79. The van der Waals surface area contributed by atoms with E-state index in [1.54, 1.807) is 0 Å². The van der Waals surface area contributed by atoms with Gasteiger partial charge in [-0.25, -0.2) is 4.79 Å². The summed E-state index contributed by atoms with van der Waals surface area (Å²) in [6.07, 6.45) is -1.68. The zero-order valence-electron chi connectivity index (χ0n) is 6.54. The molecule has 14 heavy (non-hydrogen) atoms. The van der Waals surface area contributed by atoms with Crippen molar-refractivity contribution in [2.24, 2.45) is 0 Å². The lowest BCUT2D eigenvalue weighted by Gasteiger charge is -2.12. The van der Waals surface area contributed by atoms with Gasteiger partial charge in [-0.3, -0.25) is 4.79 Å². The van der Waals surface area contributed by atoms with Gasteiger partial charge in [0.2, 0.25) is 22.7 Å². The van der Waals surface area contributed by atoms with E-state index in [1.807, 2.05) is 0 Å². The monoisotopic (exact) mass is 220 g/mol. The molecule has 0 bridgehead atoms. The maximum Gasteiger partial charge on any atom is 0.378 e. The molecule has 2 rings (SSSR count). The summed E-state index contributed by atoms with van der Waals surface area (Å²) in [5, 5.41) is 25.1. The lowest BCUT2D eigenvalue weighted by molar-refractivity contribution is -0.148. The highest BCUT2D eigenvalue weighted by Gasteiger charge is 2.74. The third kappa shape index (κ3) is 0.863. The number of rotatable bonds is 1. The molecule has 0 aromatic carbocycles. The van der Waals surface area contributed by atoms with Crippen molar-refractivity contribution >= 4 is 19.6 Å². The van der Waals surface area contributed by atoms with E-state index in [0.717, 1.165) is 0 Å². The molecule has 0 radical (unpaired) electrons. The molecule has 76 valence electrons. The Morgan fingerprint density at radius 2 is 1.86 bits per heavy atom. The van der Waals surface area contributed by atoms with Gasteiger partial charge in [0.15, 0.2) is 5.76 Å². The molecule has 2 aliphatic rings. The van der Waals surface area contributed by atoms with Gasteiger partial charge in [-0.05, 0) is 0 Å². The van der Waals surface area contributed by atoms with Gasteiger partial charge in [-0.1, -0.05) is 0 Å². The van der Waals surface area contributed by atoms with E-state index < -0.39 is 42.6 Å². The minimum Gasteiger partial charge on any atom is -0.505 e. The predicted molar refractivity (Wildman–Crippen MR) is 41.3 cm³/mol. The molecule has 0 aliphatic carbocycles. The number of ether oxygens (including phenoxy) is 1. The molecule has 0 amide bonds. The molecule has 7 nitrogen and oxygen atoms in total. The molecule has 0 spiro atoms. The maximum absolute atomic E-state index is 10.8. The number of esters is 1. The third-order valence-electron chi connectivity index (χ3n) is 2.05. The minimum atomic E-state index is -2.32. The van der Waals surface area contributed by atoms with Crippen LogP contribution in [0.15, 0.2) is 11.5 Å². The van der Waals surface area contributed by atoms with Crippen molar-refractivity contribution in [3.63, 3.8) is 0 Å². The van der Waals surface area contributed by atoms with Crippen molar-refractivity contribution in [3.8, 4) is 0 Å². The fourth-order valence-electron chi connectivity index (χ4n) is 1.16. The smallest absolute Gasteiger partial charge is 0.378 e. The highest BCUT2D eigenvalue weighted by molar-refractivity contribution is 7.84. The fourth-order valence-corrected chi connectivity index (χ4v) is 2.25. The van der Waals surface area contributed by atoms with Crippen LogP contribution in [0.4, 0.5) is 0 Å². The molecule has 8 heteroatoms. The summed E-state index contributed by atoms with van der Waals surface area (Å²) in [4.78, 5) is 30.5. The van der Waals surface area contributed by atoms with E-state index in [4.69, 9.17) is 15.1 Å². The SMILES string of the molecule is O=C1O[C@H]([C@@]2(O)C(=O)P2O)C(O)=C1O. The van der Waals surface area contributed by atoms with E-state index in [2.05, 4.69) is 4.74 Å². The summed E-state index contributed by atoms with van der Waals surface area (Å²) in [6.45, 7) is 0. The number of carbonyl (C=O) groups excluding carboxylic acids is 2. The van der Waals surface area contributed by atoms with Gasteiger partial charge in [0, 0.05) is 0 Å². The Balaban J connectivity index is 2.33. The van der Waals surface area contributed by atoms with Crippen LogP contribution in [0.2, 0.25) is 0 Å². The third-order valence-corrected chi connectivity index (χ3v) is 3.64. The van der Waals surface area contributed by atoms with Crippen LogP contribution in [0.3, 0.4) is 0 Å². The second-order valence-electron chi connectivity index (χ2n) is 2.86. The highest BCUT2D eigenvalue weighted by Crippen LogP contribution is 2.68. The first kappa shape index (κ1) is 9.39. The van der Waals surface area contributed by atoms with Crippen LogP contribution in [0.25, 0.3) is 0 Å². The van der Waals surface area contributed by atoms with Crippen molar-refractivity contribution in [2.75, 3.05) is 0 Å². The Morgan fingerprint density at radius 3 is 2.14 bits per heavy atom. The first-order valence-electron chi connectivity index (χ1n) is 3.49. The fraction of sp³-hybridized carbons (Fsp3) is 0.333. The summed E-state index contributed by atoms with van der Waals surface area (Å²) in [5.74, 6) is -3.21. The van der Waals surface area contributed by atoms with Crippen LogP contribution in [0.1, 0.15) is 0 Å². The molecule has 0 aromatic heterocycles. The van der Waals surface area contributed by atoms with Crippen molar-refractivity contribution in [1.29, 1.82) is 0 Å². The van der Waals surface area contributed by atoms with Gasteiger partial charge in [0.25, 0.3) is 0 Å². The molecule has 2 heterocycles. The lowest BCUT2D eigenvalue weighted by atomic mass is 10.2. The Hall–Kier alpha value is -1.17. The van der Waals surface area contributed by atoms with Crippen LogP contribution < -0.4 is 0 Å². The number of cyclic esters (lactones) is 1. The molecular weight excluding hydrogens is 215 g/mol. The number of carbonyl (C=O) groups is 2. The van der Waals surface area contributed by atoms with E-state index in [0.29, 0.717) is 0 Å². The summed E-state index contributed by atoms with van der Waals surface area (Å²) >= 11 is 0. The average molecular weight is 220 g/mol. The molecular formula is C6H5O7P. The quantitative estimate of drug-likeness (QED) is 0.325. The number of aliphatic hydroxyl groups is 3. The van der Waals surface area contributed by atoms with Gasteiger partial charge in [-0.2, -0.15) is 0 Å². The highest BCUT2D eigenvalue weighted by atomic mass is 31.2. The lowest BCUT2D eigenvalue weighted by Crippen LogP contribution is -2.32. The summed E-state index contributed by atoms with van der Waals surface area (Å²) in [6, 6.07) is 0. The normalized spacial score (nSPS) is 41.6. The van der Waals surface area contributed by atoms with Crippen molar-refractivity contribution in [2.45, 2.75) is 11.4 Å². The average Bonchev–Trinajstić information content (AvgIpc) is 2.50. The predicted octanol–water partition coefficient (Wildman–Crippen LogP) is -1.14. The molecule has 1 saturated heterocycles. The summed E-state index contributed by atoms with van der Waals surface area (Å²) < 4.78 is 4.33. The van der Waals surface area contributed by atoms with Gasteiger partial charge in [0.05, 0.1) is 0 Å². The first-order chi connectivity index (χ1) is 6.40. The molecule has 0 saturated carbocycles. The Kier molecular flexibility index (Phi) is 1.64. The summed E-state index contributed by atoms with van der Waals surface area (Å²) in [5.41, 5.74) is -0.897. The zero-order valence-corrected chi connectivity index (χ0v) is 7.43. The molecule has 1 fully saturated rings. The van der Waals surface area contributed by atoms with Crippen molar-refractivity contribution in [1.82, 2.24) is 0 Å². The van der Waals surface area contributed by atoms with Crippen molar-refractivity contribution < 1.29 is 34.5 Å². The van der Waals surface area contributed by atoms with Gasteiger partial charge in [0.1, 0.15) is 8.15 Å². The van der Waals surface area contributed by atoms with Gasteiger partial charge in [-0.15, -0.1) is 0 Å². The minimum absolute atomic E-state index is 0.897. The number of hydrogen-bond donors (Lipinski definition) is 4. The van der Waals surface area contributed by atoms with Crippen LogP contribution in [0.5, 0.6) is 0 Å². The van der Waals surface area contributed by atoms with Crippen LogP contribution in [-0.2, 0) is 14.3 Å². The number of hydrogen-bond acceptors (Lipinski definition) is 7. The maximum atomic E-state index is 10.8. The molecule has 0 aromatic rings. The van der Waals surface area contributed by atoms with Gasteiger partial charge < -0.3 is 24.9 Å². The Labute approximate surface area is 78.1 Å². The Bertz CT molecular complexity index is 374. The molecule has 3 atom stereocenters. The van der Waals surface area contributed by atoms with Crippen molar-refractivity contribution in [3.05, 3.63) is 11.5 Å². The second-order valence-corrected chi connectivity index (χ2v) is 4.57. The van der Waals surface area contributed by atoms with Crippen LogP contribution in [0, 0.1) is 0 Å². The van der Waals surface area contributed by atoms with E-state index >= 15 is 0 Å². The van der Waals surface area contributed by atoms with Gasteiger partial charge >= 0.3 is 5.97 Å². The van der Waals surface area contributed by atoms with Crippen LogP contribution >= 0.6 is 8.15 Å². The van der Waals surface area contributed by atoms with E-state index in [9.17, 15) is 14.7 Å². The molecule has 2 aliphatic heterocycles. The zero-order chi connectivity index (χ0) is 10.7. The molecule has 1 unspecified atom stereocenters. The number of aliphatic hydroxyl groups excluding tert-OH is 2. The van der Waals surface area contributed by atoms with E-state index in [-0.39, 0.29) is 0 Å². The topological polar surface area (TPSA) is 124 Å². The summed E-state index contributed by atoms with van der Waals surface area (Å²) in [7, 11) is -2.32. The largest absolute Gasteiger partial charge is 0.505 e. The van der Waals surface area contributed by atoms with E-state index in [1.165, 1.54) is 0 Å². The molecule has 4 N–H and O–H groups in total. The Morgan fingerprint density at radius 1 is 1.36 bits per heavy atom. The van der Waals surface area contributed by atoms with Crippen LogP contribution in [-0.4, -0.2) is 43.2 Å². The second kappa shape index (κ2) is 2.44. The standard InChI is InChI=1S/C6H5O7P/c7-1-2(8)4(9)13-3(1)6(11)5(10)14(6)12/h3,7-8,11-12H/t3-,6-,14?/m0/s1.